The molecule has 5 heteroatoms. The minimum absolute atomic E-state index is 0.333. The van der Waals surface area contributed by atoms with Gasteiger partial charge in [-0.15, -0.1) is 0 Å². The zero-order valence-electron chi connectivity index (χ0n) is 10.7. The van der Waals surface area contributed by atoms with E-state index in [1.54, 1.807) is 30.6 Å². The zero-order chi connectivity index (χ0) is 14.5. The highest BCUT2D eigenvalue weighted by Crippen LogP contribution is 2.17. The highest BCUT2D eigenvalue weighted by Gasteiger charge is 2.03. The van der Waals surface area contributed by atoms with Crippen LogP contribution in [-0.2, 0) is 4.79 Å². The Hall–Kier alpha value is -2.01. The Balaban J connectivity index is 2.10. The Morgan fingerprint density at radius 3 is 2.95 bits per heavy atom. The molecule has 2 aromatic rings. The number of hydrogen-bond acceptors (Lipinski definition) is 2. The number of aromatic nitrogens is 1. The highest BCUT2D eigenvalue weighted by atomic mass is 79.9. The third-order valence-corrected chi connectivity index (χ3v) is 3.16. The minimum Gasteiger partial charge on any atom is -0.321 e. The molecule has 0 spiro atoms. The first-order chi connectivity index (χ1) is 9.56. The summed E-state index contributed by atoms with van der Waals surface area (Å²) in [6.07, 6.45) is 5.94. The van der Waals surface area contributed by atoms with E-state index in [1.807, 2.05) is 6.92 Å². The smallest absolute Gasteiger partial charge is 0.248 e. The SMILES string of the molecule is Cc1ccncc1NC(=O)C=Cc1cc(Br)ccc1F. The van der Waals surface area contributed by atoms with Crippen LogP contribution in [0.15, 0.2) is 47.2 Å². The maximum Gasteiger partial charge on any atom is 0.248 e. The van der Waals surface area contributed by atoms with Crippen LogP contribution in [0.5, 0.6) is 0 Å². The normalized spacial score (nSPS) is 10.8. The highest BCUT2D eigenvalue weighted by molar-refractivity contribution is 9.10. The summed E-state index contributed by atoms with van der Waals surface area (Å²) < 4.78 is 14.2. The predicted molar refractivity (Wildman–Crippen MR) is 80.7 cm³/mol. The van der Waals surface area contributed by atoms with Crippen LogP contribution in [0.25, 0.3) is 6.08 Å². The fraction of sp³-hybridized carbons (Fsp3) is 0.0667. The molecule has 0 bridgehead atoms. The van der Waals surface area contributed by atoms with E-state index in [4.69, 9.17) is 0 Å². The van der Waals surface area contributed by atoms with Gasteiger partial charge in [-0.1, -0.05) is 15.9 Å². The van der Waals surface area contributed by atoms with Crippen molar-refractivity contribution in [3.8, 4) is 0 Å². The second-order valence-corrected chi connectivity index (χ2v) is 5.09. The molecule has 1 aromatic carbocycles. The zero-order valence-corrected chi connectivity index (χ0v) is 12.3. The van der Waals surface area contributed by atoms with Gasteiger partial charge < -0.3 is 5.32 Å². The Kier molecular flexibility index (Phi) is 4.63. The average molecular weight is 335 g/mol. The summed E-state index contributed by atoms with van der Waals surface area (Å²) in [5.41, 5.74) is 1.89. The van der Waals surface area contributed by atoms with Gasteiger partial charge in [0.05, 0.1) is 11.9 Å². The number of aryl methyl sites for hydroxylation is 1. The van der Waals surface area contributed by atoms with Gasteiger partial charge in [-0.05, 0) is 42.8 Å². The average Bonchev–Trinajstić information content (AvgIpc) is 2.42. The minimum atomic E-state index is -0.380. The van der Waals surface area contributed by atoms with E-state index in [-0.39, 0.29) is 11.7 Å². The van der Waals surface area contributed by atoms with Gasteiger partial charge in [0.1, 0.15) is 5.82 Å². The summed E-state index contributed by atoms with van der Waals surface area (Å²) in [4.78, 5) is 15.7. The number of pyridine rings is 1. The number of halogens is 2. The van der Waals surface area contributed by atoms with Crippen molar-refractivity contribution < 1.29 is 9.18 Å². The van der Waals surface area contributed by atoms with Crippen LogP contribution in [0.2, 0.25) is 0 Å². The fourth-order valence-electron chi connectivity index (χ4n) is 1.58. The van der Waals surface area contributed by atoms with E-state index in [0.717, 1.165) is 10.0 Å². The van der Waals surface area contributed by atoms with Crippen molar-refractivity contribution in [2.75, 3.05) is 5.32 Å². The van der Waals surface area contributed by atoms with Gasteiger partial charge in [0.2, 0.25) is 5.91 Å². The Morgan fingerprint density at radius 2 is 2.20 bits per heavy atom. The molecular weight excluding hydrogens is 323 g/mol. The van der Waals surface area contributed by atoms with Gasteiger partial charge in [0.15, 0.2) is 0 Å². The number of hydrogen-bond donors (Lipinski definition) is 1. The molecule has 2 rings (SSSR count). The molecule has 0 unspecified atom stereocenters. The first-order valence-electron chi connectivity index (χ1n) is 5.91. The predicted octanol–water partition coefficient (Wildman–Crippen LogP) is 3.94. The molecule has 0 aliphatic carbocycles. The number of rotatable bonds is 3. The van der Waals surface area contributed by atoms with E-state index in [2.05, 4.69) is 26.2 Å². The second kappa shape index (κ2) is 6.43. The Labute approximate surface area is 124 Å². The van der Waals surface area contributed by atoms with Gasteiger partial charge in [0, 0.05) is 22.3 Å². The lowest BCUT2D eigenvalue weighted by atomic mass is 10.2. The summed E-state index contributed by atoms with van der Waals surface area (Å²) in [5.74, 6) is -0.713. The third kappa shape index (κ3) is 3.74. The van der Waals surface area contributed by atoms with Gasteiger partial charge in [0.25, 0.3) is 0 Å². The number of nitrogens with zero attached hydrogens (tertiary/aromatic N) is 1. The van der Waals surface area contributed by atoms with Gasteiger partial charge in [-0.25, -0.2) is 4.39 Å². The number of amides is 1. The summed E-state index contributed by atoms with van der Waals surface area (Å²) in [5, 5.41) is 2.69. The van der Waals surface area contributed by atoms with Crippen molar-refractivity contribution in [2.24, 2.45) is 0 Å². The van der Waals surface area contributed by atoms with Crippen LogP contribution >= 0.6 is 15.9 Å². The van der Waals surface area contributed by atoms with Crippen LogP contribution in [0, 0.1) is 12.7 Å². The number of benzene rings is 1. The van der Waals surface area contributed by atoms with Crippen molar-refractivity contribution in [3.63, 3.8) is 0 Å². The van der Waals surface area contributed by atoms with Crippen molar-refractivity contribution in [1.82, 2.24) is 4.98 Å². The summed E-state index contributed by atoms with van der Waals surface area (Å²) in [6.45, 7) is 1.87. The maximum absolute atomic E-state index is 13.5. The van der Waals surface area contributed by atoms with E-state index >= 15 is 0 Å². The van der Waals surface area contributed by atoms with Crippen molar-refractivity contribution in [3.05, 3.63) is 64.2 Å². The molecule has 1 amide bonds. The van der Waals surface area contributed by atoms with Crippen LogP contribution in [0.1, 0.15) is 11.1 Å². The van der Waals surface area contributed by atoms with E-state index in [1.165, 1.54) is 18.2 Å². The fourth-order valence-corrected chi connectivity index (χ4v) is 1.96. The summed E-state index contributed by atoms with van der Waals surface area (Å²) in [6, 6.07) is 6.35. The first kappa shape index (κ1) is 14.4. The van der Waals surface area contributed by atoms with Crippen LogP contribution in [-0.4, -0.2) is 10.9 Å². The van der Waals surface area contributed by atoms with E-state index in [9.17, 15) is 9.18 Å². The van der Waals surface area contributed by atoms with Crippen LogP contribution in [0.3, 0.4) is 0 Å². The number of carbonyl (C=O) groups is 1. The second-order valence-electron chi connectivity index (χ2n) is 4.18. The van der Waals surface area contributed by atoms with Crippen molar-refractivity contribution >= 4 is 33.6 Å². The number of carbonyl (C=O) groups excluding carboxylic acids is 1. The lowest BCUT2D eigenvalue weighted by Gasteiger charge is -2.04. The van der Waals surface area contributed by atoms with Gasteiger partial charge in [-0.2, -0.15) is 0 Å². The summed E-state index contributed by atoms with van der Waals surface area (Å²) >= 11 is 3.26. The molecule has 0 aliphatic heterocycles. The van der Waals surface area contributed by atoms with Crippen LogP contribution < -0.4 is 5.32 Å². The molecule has 3 nitrogen and oxygen atoms in total. The van der Waals surface area contributed by atoms with Gasteiger partial charge in [-0.3, -0.25) is 9.78 Å². The molecule has 1 heterocycles. The van der Waals surface area contributed by atoms with Crippen molar-refractivity contribution in [2.45, 2.75) is 6.92 Å². The Morgan fingerprint density at radius 1 is 1.40 bits per heavy atom. The maximum atomic E-state index is 13.5. The molecule has 0 fully saturated rings. The molecule has 0 saturated heterocycles. The molecule has 0 saturated carbocycles. The molecule has 0 atom stereocenters. The number of anilines is 1. The largest absolute Gasteiger partial charge is 0.321 e. The third-order valence-electron chi connectivity index (χ3n) is 2.67. The monoisotopic (exact) mass is 334 g/mol. The molecule has 20 heavy (non-hydrogen) atoms. The molecule has 1 aromatic heterocycles. The molecule has 1 N–H and O–H groups in total. The molecule has 102 valence electrons. The van der Waals surface area contributed by atoms with Crippen molar-refractivity contribution in [1.29, 1.82) is 0 Å². The summed E-state index contributed by atoms with van der Waals surface area (Å²) in [7, 11) is 0. The number of nitrogens with one attached hydrogen (secondary N) is 1. The molecule has 0 radical (unpaired) electrons. The lowest BCUT2D eigenvalue weighted by Crippen LogP contribution is -2.09. The lowest BCUT2D eigenvalue weighted by molar-refractivity contribution is -0.111. The van der Waals surface area contributed by atoms with Crippen LogP contribution in [0.4, 0.5) is 10.1 Å². The first-order valence-corrected chi connectivity index (χ1v) is 6.70. The van der Waals surface area contributed by atoms with Gasteiger partial charge >= 0.3 is 0 Å². The Bertz CT molecular complexity index is 671. The topological polar surface area (TPSA) is 42.0 Å². The molecule has 0 aliphatic rings. The standard InChI is InChI=1S/C15H12BrFN2O/c1-10-6-7-18-9-14(10)19-15(20)5-2-11-8-12(16)3-4-13(11)17/h2-9H,1H3,(H,19,20). The van der Waals surface area contributed by atoms with E-state index in [0.29, 0.717) is 11.3 Å². The van der Waals surface area contributed by atoms with E-state index < -0.39 is 0 Å². The quantitative estimate of drug-likeness (QED) is 0.863. The molecular formula is C15H12BrFN2O.